The third-order valence-corrected chi connectivity index (χ3v) is 4.76. The van der Waals surface area contributed by atoms with E-state index in [2.05, 4.69) is 10.3 Å². The van der Waals surface area contributed by atoms with Gasteiger partial charge in [0.15, 0.2) is 5.75 Å². The van der Waals surface area contributed by atoms with Crippen LogP contribution in [0.1, 0.15) is 5.56 Å². The predicted molar refractivity (Wildman–Crippen MR) is 105 cm³/mol. The summed E-state index contributed by atoms with van der Waals surface area (Å²) in [5, 5.41) is 15.8. The number of anilines is 1. The fourth-order valence-corrected chi connectivity index (χ4v) is 3.45. The lowest BCUT2D eigenvalue weighted by molar-refractivity contribution is -0.137. The highest BCUT2D eigenvalue weighted by Gasteiger charge is 2.31. The first-order chi connectivity index (χ1) is 13.4. The largest absolute Gasteiger partial charge is 0.505 e. The number of fused-ring (bicyclic) bond motifs is 1. The van der Waals surface area contributed by atoms with Gasteiger partial charge < -0.3 is 15.4 Å². The maximum Gasteiger partial charge on any atom is 0.416 e. The number of nitrogens with one attached hydrogen (secondary N) is 2. The molecule has 0 saturated heterocycles. The minimum Gasteiger partial charge on any atom is -0.505 e. The van der Waals surface area contributed by atoms with Crippen molar-refractivity contribution in [3.05, 3.63) is 72.3 Å². The number of benzene rings is 3. The van der Waals surface area contributed by atoms with E-state index in [1.54, 1.807) is 13.1 Å². The molecule has 0 radical (unpaired) electrons. The molecule has 3 N–H and O–H groups in total. The van der Waals surface area contributed by atoms with Crippen molar-refractivity contribution in [3.63, 3.8) is 0 Å². The van der Waals surface area contributed by atoms with Crippen molar-refractivity contribution in [3.8, 4) is 28.1 Å². The summed E-state index contributed by atoms with van der Waals surface area (Å²) in [4.78, 5) is 3.12. The van der Waals surface area contributed by atoms with E-state index in [1.165, 1.54) is 6.07 Å². The highest BCUT2D eigenvalue weighted by Crippen LogP contribution is 2.45. The number of rotatable bonds is 3. The second kappa shape index (κ2) is 6.64. The molecular formula is C22H17F3N2O. The van der Waals surface area contributed by atoms with E-state index in [-0.39, 0.29) is 11.3 Å². The Morgan fingerprint density at radius 2 is 1.64 bits per heavy atom. The van der Waals surface area contributed by atoms with Crippen molar-refractivity contribution in [1.82, 2.24) is 4.98 Å². The second-order valence-corrected chi connectivity index (χ2v) is 6.45. The van der Waals surface area contributed by atoms with E-state index >= 15 is 0 Å². The molecule has 0 unspecified atom stereocenters. The van der Waals surface area contributed by atoms with Gasteiger partial charge in [-0.1, -0.05) is 54.6 Å². The molecule has 0 aliphatic carbocycles. The topological polar surface area (TPSA) is 48.0 Å². The summed E-state index contributed by atoms with van der Waals surface area (Å²) < 4.78 is 39.4. The molecule has 1 heterocycles. The predicted octanol–water partition coefficient (Wildman–Crippen LogP) is 6.27. The molecule has 0 saturated carbocycles. The Kier molecular flexibility index (Phi) is 4.26. The first-order valence-electron chi connectivity index (χ1n) is 8.68. The van der Waals surface area contributed by atoms with E-state index in [0.717, 1.165) is 28.5 Å². The Bertz CT molecular complexity index is 1160. The lowest BCUT2D eigenvalue weighted by atomic mass is 9.99. The summed E-state index contributed by atoms with van der Waals surface area (Å²) in [5.41, 5.74) is 1.04. The monoisotopic (exact) mass is 382 g/mol. The lowest BCUT2D eigenvalue weighted by Gasteiger charge is -2.10. The maximum absolute atomic E-state index is 13.1. The first kappa shape index (κ1) is 18.0. The molecule has 142 valence electrons. The van der Waals surface area contributed by atoms with Gasteiger partial charge in [-0.2, -0.15) is 13.2 Å². The molecule has 0 atom stereocenters. The Morgan fingerprint density at radius 3 is 2.39 bits per heavy atom. The quantitative estimate of drug-likeness (QED) is 0.391. The van der Waals surface area contributed by atoms with Crippen LogP contribution in [0, 0.1) is 0 Å². The highest BCUT2D eigenvalue weighted by molar-refractivity contribution is 6.00. The molecule has 0 aliphatic rings. The van der Waals surface area contributed by atoms with Crippen molar-refractivity contribution in [2.75, 3.05) is 12.4 Å². The smallest absolute Gasteiger partial charge is 0.416 e. The number of aromatic amines is 1. The summed E-state index contributed by atoms with van der Waals surface area (Å²) in [6, 6.07) is 18.4. The minimum atomic E-state index is -4.46. The zero-order valence-corrected chi connectivity index (χ0v) is 14.9. The van der Waals surface area contributed by atoms with Gasteiger partial charge >= 0.3 is 6.18 Å². The van der Waals surface area contributed by atoms with Crippen LogP contribution in [0.4, 0.5) is 19.0 Å². The van der Waals surface area contributed by atoms with Crippen LogP contribution in [0.5, 0.6) is 5.75 Å². The van der Waals surface area contributed by atoms with Crippen molar-refractivity contribution in [1.29, 1.82) is 0 Å². The van der Waals surface area contributed by atoms with Gasteiger partial charge in [-0.05, 0) is 28.5 Å². The van der Waals surface area contributed by atoms with E-state index < -0.39 is 11.7 Å². The van der Waals surface area contributed by atoms with Crippen molar-refractivity contribution in [2.45, 2.75) is 6.18 Å². The van der Waals surface area contributed by atoms with Crippen molar-refractivity contribution < 1.29 is 18.3 Å². The van der Waals surface area contributed by atoms with Gasteiger partial charge in [-0.25, -0.2) is 0 Å². The summed E-state index contributed by atoms with van der Waals surface area (Å²) >= 11 is 0. The molecule has 1 aromatic heterocycles. The van der Waals surface area contributed by atoms with Crippen molar-refractivity contribution >= 4 is 16.6 Å². The van der Waals surface area contributed by atoms with Crippen LogP contribution in [0.15, 0.2) is 66.7 Å². The number of hydrogen-bond donors (Lipinski definition) is 3. The fourth-order valence-electron chi connectivity index (χ4n) is 3.45. The number of hydrogen-bond acceptors (Lipinski definition) is 2. The Morgan fingerprint density at radius 1 is 0.929 bits per heavy atom. The van der Waals surface area contributed by atoms with Crippen LogP contribution in [0.3, 0.4) is 0 Å². The summed E-state index contributed by atoms with van der Waals surface area (Å²) in [7, 11) is 1.65. The second-order valence-electron chi connectivity index (χ2n) is 6.45. The average Bonchev–Trinajstić information content (AvgIpc) is 3.03. The number of aromatic hydroxyl groups is 1. The lowest BCUT2D eigenvalue weighted by Crippen LogP contribution is -2.04. The molecule has 4 rings (SSSR count). The van der Waals surface area contributed by atoms with Gasteiger partial charge in [-0.15, -0.1) is 0 Å². The van der Waals surface area contributed by atoms with Crippen LogP contribution in [0.25, 0.3) is 33.2 Å². The summed E-state index contributed by atoms with van der Waals surface area (Å²) in [6.45, 7) is 0. The molecule has 28 heavy (non-hydrogen) atoms. The van der Waals surface area contributed by atoms with Gasteiger partial charge in [0.2, 0.25) is 0 Å². The van der Waals surface area contributed by atoms with Gasteiger partial charge in [0, 0.05) is 12.6 Å². The molecule has 0 bridgehead atoms. The zero-order valence-electron chi connectivity index (χ0n) is 14.9. The van der Waals surface area contributed by atoms with Crippen LogP contribution < -0.4 is 5.32 Å². The van der Waals surface area contributed by atoms with E-state index in [9.17, 15) is 18.3 Å². The zero-order chi connectivity index (χ0) is 19.9. The molecule has 3 nitrogen and oxygen atoms in total. The normalized spacial score (nSPS) is 11.7. The number of alkyl halides is 3. The number of halogens is 3. The van der Waals surface area contributed by atoms with E-state index in [4.69, 9.17) is 0 Å². The number of H-pyrrole nitrogens is 1. The average molecular weight is 382 g/mol. The standard InChI is InChI=1S/C22H17F3N2O/c1-26-21-18(14-8-4-9-15(12-14)22(23,24)25)20(28)19(27-21)17-11-5-7-13-6-2-3-10-16(13)17/h2-12,26-28H,1H3. The van der Waals surface area contributed by atoms with Crippen LogP contribution in [-0.4, -0.2) is 17.1 Å². The van der Waals surface area contributed by atoms with Crippen LogP contribution in [0.2, 0.25) is 0 Å². The molecule has 0 aliphatic heterocycles. The minimum absolute atomic E-state index is 0.0972. The van der Waals surface area contributed by atoms with Gasteiger partial charge in [0.1, 0.15) is 5.82 Å². The molecule has 4 aromatic rings. The SMILES string of the molecule is CNc1[nH]c(-c2cccc3ccccc23)c(O)c1-c1cccc(C(F)(F)F)c1. The molecule has 6 heteroatoms. The highest BCUT2D eigenvalue weighted by atomic mass is 19.4. The van der Waals surface area contributed by atoms with Crippen LogP contribution in [-0.2, 0) is 6.18 Å². The molecule has 0 spiro atoms. The van der Waals surface area contributed by atoms with Gasteiger partial charge in [-0.3, -0.25) is 0 Å². The van der Waals surface area contributed by atoms with E-state index in [0.29, 0.717) is 17.1 Å². The van der Waals surface area contributed by atoms with Gasteiger partial charge in [0.25, 0.3) is 0 Å². The summed E-state index contributed by atoms with van der Waals surface area (Å²) in [6.07, 6.45) is -4.46. The third-order valence-electron chi connectivity index (χ3n) is 4.76. The Balaban J connectivity index is 1.94. The molecular weight excluding hydrogens is 365 g/mol. The van der Waals surface area contributed by atoms with Crippen LogP contribution >= 0.6 is 0 Å². The molecule has 0 amide bonds. The van der Waals surface area contributed by atoms with Crippen molar-refractivity contribution in [2.24, 2.45) is 0 Å². The van der Waals surface area contributed by atoms with E-state index in [1.807, 2.05) is 42.5 Å². The fraction of sp³-hybridized carbons (Fsp3) is 0.0909. The third kappa shape index (κ3) is 2.97. The first-order valence-corrected chi connectivity index (χ1v) is 8.68. The number of aromatic nitrogens is 1. The maximum atomic E-state index is 13.1. The summed E-state index contributed by atoms with van der Waals surface area (Å²) in [5.74, 6) is 0.347. The Hall–Kier alpha value is -3.41. The van der Waals surface area contributed by atoms with Gasteiger partial charge in [0.05, 0.1) is 16.8 Å². The molecule has 3 aromatic carbocycles. The Labute approximate surface area is 159 Å². The molecule has 0 fully saturated rings.